The largest absolute Gasteiger partial charge is 0.291 e. The fraction of sp³-hybridized carbons (Fsp3) is 0. The van der Waals surface area contributed by atoms with Crippen LogP contribution in [-0.2, 0) is 0 Å². The van der Waals surface area contributed by atoms with Crippen LogP contribution in [0.4, 0.5) is 0 Å². The highest BCUT2D eigenvalue weighted by molar-refractivity contribution is 7.72. The second-order valence-electron chi connectivity index (χ2n) is 1.45. The van der Waals surface area contributed by atoms with Gasteiger partial charge in [0.05, 0.1) is 0 Å². The van der Waals surface area contributed by atoms with Crippen molar-refractivity contribution in [2.24, 2.45) is 0 Å². The molecule has 0 saturated heterocycles. The lowest BCUT2D eigenvalue weighted by molar-refractivity contribution is 0.900. The lowest BCUT2D eigenvalue weighted by atomic mass is 10.7. The van der Waals surface area contributed by atoms with Gasteiger partial charge < -0.3 is 0 Å². The van der Waals surface area contributed by atoms with Gasteiger partial charge in [-0.25, -0.2) is 0 Å². The lowest BCUT2D eigenvalue weighted by Crippen LogP contribution is -1.92. The Labute approximate surface area is 62.6 Å². The van der Waals surface area contributed by atoms with E-state index in [1.807, 2.05) is 0 Å². The van der Waals surface area contributed by atoms with E-state index in [0.717, 1.165) is 10.0 Å². The maximum atomic E-state index is 4.90. The van der Waals surface area contributed by atoms with Gasteiger partial charge in [-0.2, -0.15) is 0 Å². The zero-order valence-electron chi connectivity index (χ0n) is 4.12. The van der Waals surface area contributed by atoms with E-state index in [-0.39, 0.29) is 0 Å². The highest BCUT2D eigenvalue weighted by Crippen LogP contribution is 2.05. The van der Waals surface area contributed by atoms with Gasteiger partial charge in [0, 0.05) is 0 Å². The number of H-pyrrole nitrogens is 1. The first-order chi connectivity index (χ1) is 4.38. The first-order valence-corrected chi connectivity index (χ1v) is 4.73. The van der Waals surface area contributed by atoms with Crippen LogP contribution in [0.2, 0.25) is 0 Å². The molecule has 0 atom stereocenters. The molecule has 0 aromatic rings. The van der Waals surface area contributed by atoms with Crippen molar-refractivity contribution in [2.45, 2.75) is 0 Å². The van der Waals surface area contributed by atoms with Crippen LogP contribution in [0.5, 0.6) is 0 Å². The molecule has 0 saturated carbocycles. The van der Waals surface area contributed by atoms with Crippen LogP contribution in [-0.4, -0.2) is 14.6 Å². The van der Waals surface area contributed by atoms with Crippen LogP contribution in [0, 0.1) is 14.7 Å². The lowest BCUT2D eigenvalue weighted by Gasteiger charge is -1.88. The van der Waals surface area contributed by atoms with Crippen molar-refractivity contribution in [1.82, 2.24) is 14.6 Å². The van der Waals surface area contributed by atoms with Crippen molar-refractivity contribution in [3.63, 3.8) is 0 Å². The number of nitrogens with one attached hydrogen (secondary N) is 1. The second kappa shape index (κ2) is 1.83. The van der Waals surface area contributed by atoms with Crippen LogP contribution in [0.25, 0.3) is 0 Å². The summed E-state index contributed by atoms with van der Waals surface area (Å²) in [7, 11) is 3.03. The fourth-order valence-electron chi connectivity index (χ4n) is 0.486. The Balaban J connectivity index is 3.20. The minimum absolute atomic E-state index is 0.698. The van der Waals surface area contributed by atoms with E-state index in [1.54, 1.807) is 10.3 Å². The number of nitrogens with zero attached hydrogens (tertiary/aromatic N) is 2. The van der Waals surface area contributed by atoms with Crippen molar-refractivity contribution in [1.29, 1.82) is 0 Å². The maximum absolute atomic E-state index is 4.90. The SMILES string of the molecule is S=c1[nH]ssc2nnc1=2. The Morgan fingerprint density at radius 1 is 1.44 bits per heavy atom. The van der Waals surface area contributed by atoms with Crippen LogP contribution >= 0.6 is 33.1 Å². The number of hydrogen-bond donors (Lipinski definition) is 1. The molecule has 0 spiro atoms. The third-order valence-electron chi connectivity index (χ3n) is 0.913. The first kappa shape index (κ1) is 5.45. The average Bonchev–Trinajstić information content (AvgIpc) is 1.74. The van der Waals surface area contributed by atoms with E-state index in [9.17, 15) is 0 Å². The van der Waals surface area contributed by atoms with E-state index in [1.165, 1.54) is 10.5 Å². The highest BCUT2D eigenvalue weighted by Gasteiger charge is 1.95. The molecule has 2 aliphatic heterocycles. The molecule has 9 heavy (non-hydrogen) atoms. The quantitative estimate of drug-likeness (QED) is 0.486. The standard InChI is InChI=1S/C3HN3S3/c7-2-1-3(5-4-1)8-9-6-2/h(H,6,7). The van der Waals surface area contributed by atoms with E-state index in [4.69, 9.17) is 12.2 Å². The zero-order valence-corrected chi connectivity index (χ0v) is 6.57. The third-order valence-corrected chi connectivity index (χ3v) is 3.12. The normalized spacial score (nSPS) is 10.7. The van der Waals surface area contributed by atoms with Gasteiger partial charge in [0.2, 0.25) is 0 Å². The number of aromatic nitrogens is 3. The van der Waals surface area contributed by atoms with Gasteiger partial charge in [-0.1, -0.05) is 12.2 Å². The molecule has 0 aromatic heterocycles. The average molecular weight is 175 g/mol. The summed E-state index contributed by atoms with van der Waals surface area (Å²) in [5.74, 6) is 0. The van der Waals surface area contributed by atoms with Crippen LogP contribution in [0.15, 0.2) is 0 Å². The molecule has 0 radical (unpaired) electrons. The Morgan fingerprint density at radius 3 is 2.78 bits per heavy atom. The maximum Gasteiger partial charge on any atom is 0.180 e. The first-order valence-electron chi connectivity index (χ1n) is 2.18. The summed E-state index contributed by atoms with van der Waals surface area (Å²) in [4.78, 5) is 0. The van der Waals surface area contributed by atoms with E-state index in [0.29, 0.717) is 4.64 Å². The summed E-state index contributed by atoms with van der Waals surface area (Å²) >= 11 is 4.90. The molecule has 1 N–H and O–H groups in total. The van der Waals surface area contributed by atoms with Crippen LogP contribution < -0.4 is 0 Å². The molecule has 2 aliphatic rings. The minimum atomic E-state index is 0.698. The van der Waals surface area contributed by atoms with Crippen molar-refractivity contribution < 1.29 is 0 Å². The second-order valence-corrected chi connectivity index (χ2v) is 3.78. The van der Waals surface area contributed by atoms with Gasteiger partial charge in [-0.3, -0.25) is 4.37 Å². The summed E-state index contributed by atoms with van der Waals surface area (Å²) < 4.78 is 4.56. The third kappa shape index (κ3) is 0.707. The molecule has 0 unspecified atom stereocenters. The van der Waals surface area contributed by atoms with E-state index in [2.05, 4.69) is 14.6 Å². The Morgan fingerprint density at radius 2 is 2.33 bits per heavy atom. The van der Waals surface area contributed by atoms with Gasteiger partial charge >= 0.3 is 0 Å². The number of hydrogen-bond acceptors (Lipinski definition) is 5. The van der Waals surface area contributed by atoms with Crippen molar-refractivity contribution in [2.75, 3.05) is 0 Å². The molecular weight excluding hydrogens is 174 g/mol. The molecule has 0 fully saturated rings. The van der Waals surface area contributed by atoms with Crippen molar-refractivity contribution in [3.05, 3.63) is 14.7 Å². The predicted octanol–water partition coefficient (Wildman–Crippen LogP) is 1.38. The summed E-state index contributed by atoms with van der Waals surface area (Å²) in [5, 5.41) is 8.34. The van der Waals surface area contributed by atoms with Gasteiger partial charge in [0.15, 0.2) is 10.0 Å². The molecule has 0 aromatic carbocycles. The number of aromatic amines is 1. The molecular formula is C3HN3S3. The van der Waals surface area contributed by atoms with Crippen molar-refractivity contribution in [3.8, 4) is 0 Å². The van der Waals surface area contributed by atoms with Crippen LogP contribution in [0.1, 0.15) is 0 Å². The van der Waals surface area contributed by atoms with Gasteiger partial charge in [-0.15, -0.1) is 10.2 Å². The summed E-state index contributed by atoms with van der Waals surface area (Å²) in [5.41, 5.74) is 0. The number of rotatable bonds is 0. The fourth-order valence-corrected chi connectivity index (χ4v) is 2.51. The Kier molecular flexibility index (Phi) is 1.11. The van der Waals surface area contributed by atoms with Gasteiger partial charge in [0.1, 0.15) is 4.64 Å². The van der Waals surface area contributed by atoms with Crippen LogP contribution in [0.3, 0.4) is 0 Å². The van der Waals surface area contributed by atoms with Gasteiger partial charge in [0.25, 0.3) is 0 Å². The Hall–Kier alpha value is -0.330. The summed E-state index contributed by atoms with van der Waals surface area (Å²) in [6, 6.07) is 0. The molecule has 2 rings (SSSR count). The zero-order chi connectivity index (χ0) is 6.27. The summed E-state index contributed by atoms with van der Waals surface area (Å²) in [6.07, 6.45) is 0. The molecule has 46 valence electrons. The predicted molar refractivity (Wildman–Crippen MR) is 38.3 cm³/mol. The smallest absolute Gasteiger partial charge is 0.180 e. The topological polar surface area (TPSA) is 41.6 Å². The molecule has 0 amide bonds. The van der Waals surface area contributed by atoms with E-state index < -0.39 is 0 Å². The molecule has 0 aliphatic carbocycles. The van der Waals surface area contributed by atoms with E-state index >= 15 is 0 Å². The molecule has 0 bridgehead atoms. The molecule has 3 nitrogen and oxygen atoms in total. The summed E-state index contributed by atoms with van der Waals surface area (Å²) in [6.45, 7) is 0. The van der Waals surface area contributed by atoms with Gasteiger partial charge in [-0.05, 0) is 20.9 Å². The molecule has 6 heteroatoms. The molecule has 2 heterocycles. The van der Waals surface area contributed by atoms with Crippen molar-refractivity contribution >= 4 is 33.1 Å². The monoisotopic (exact) mass is 175 g/mol. The Bertz CT molecular complexity index is 408. The highest BCUT2D eigenvalue weighted by atomic mass is 32.9. The minimum Gasteiger partial charge on any atom is -0.291 e.